The molecule has 2 heterocycles. The van der Waals surface area contributed by atoms with Crippen LogP contribution in [0.2, 0.25) is 0 Å². The Balaban J connectivity index is 2.04. The summed E-state index contributed by atoms with van der Waals surface area (Å²) in [5, 5.41) is 4.23. The smallest absolute Gasteiger partial charge is 0.201 e. The van der Waals surface area contributed by atoms with Crippen molar-refractivity contribution in [1.82, 2.24) is 19.3 Å². The molecule has 2 aromatic heterocycles. The van der Waals surface area contributed by atoms with Gasteiger partial charge < -0.3 is 15.0 Å². The van der Waals surface area contributed by atoms with Crippen molar-refractivity contribution in [2.24, 2.45) is 0 Å². The lowest BCUT2D eigenvalue weighted by Gasteiger charge is -2.16. The zero-order chi connectivity index (χ0) is 14.1. The number of ether oxygens (including phenoxy) is 1. The van der Waals surface area contributed by atoms with E-state index < -0.39 is 0 Å². The number of nitrogens with zero attached hydrogens (tertiary/aromatic N) is 4. The monoisotopic (exact) mass is 271 g/mol. The van der Waals surface area contributed by atoms with Crippen LogP contribution in [0.4, 0.5) is 5.95 Å². The van der Waals surface area contributed by atoms with Crippen LogP contribution in [-0.2, 0) is 6.54 Å². The summed E-state index contributed by atoms with van der Waals surface area (Å²) < 4.78 is 9.23. The van der Waals surface area contributed by atoms with E-state index in [1.165, 1.54) is 0 Å². The molecule has 6 nitrogen and oxygen atoms in total. The fraction of sp³-hybridized carbons (Fsp3) is 0.286. The van der Waals surface area contributed by atoms with Crippen LogP contribution in [0.15, 0.2) is 36.7 Å². The number of imidazole rings is 1. The van der Waals surface area contributed by atoms with E-state index in [9.17, 15) is 0 Å². The molecule has 0 fully saturated rings. The van der Waals surface area contributed by atoms with E-state index >= 15 is 0 Å². The van der Waals surface area contributed by atoms with Crippen molar-refractivity contribution in [3.8, 4) is 5.75 Å². The standard InChI is InChI=1S/C14H17N5O/c1-10(9-18-8-4-7-16-18)19-11-5-3-6-12(20-2)13(11)17-14(19)15/h3-8,10H,9H2,1-2H3,(H2,15,17). The second kappa shape index (κ2) is 4.88. The molecule has 0 saturated heterocycles. The van der Waals surface area contributed by atoms with E-state index in [1.807, 2.05) is 39.7 Å². The highest BCUT2D eigenvalue weighted by molar-refractivity contribution is 5.84. The molecule has 1 atom stereocenters. The lowest BCUT2D eigenvalue weighted by atomic mass is 10.2. The molecule has 0 amide bonds. The summed E-state index contributed by atoms with van der Waals surface area (Å²) >= 11 is 0. The summed E-state index contributed by atoms with van der Waals surface area (Å²) in [4.78, 5) is 4.42. The van der Waals surface area contributed by atoms with E-state index in [-0.39, 0.29) is 6.04 Å². The van der Waals surface area contributed by atoms with Gasteiger partial charge in [0.1, 0.15) is 11.3 Å². The molecular weight excluding hydrogens is 254 g/mol. The fourth-order valence-corrected chi connectivity index (χ4v) is 2.50. The van der Waals surface area contributed by atoms with Crippen molar-refractivity contribution in [2.45, 2.75) is 19.5 Å². The number of rotatable bonds is 4. The molecule has 0 bridgehead atoms. The lowest BCUT2D eigenvalue weighted by molar-refractivity contribution is 0.419. The number of para-hydroxylation sites is 1. The molecule has 3 rings (SSSR count). The number of methoxy groups -OCH3 is 1. The van der Waals surface area contributed by atoms with Crippen LogP contribution in [0.5, 0.6) is 5.75 Å². The van der Waals surface area contributed by atoms with Gasteiger partial charge in [0.15, 0.2) is 0 Å². The molecule has 1 aromatic carbocycles. The average molecular weight is 271 g/mol. The Bertz CT molecular complexity index is 717. The van der Waals surface area contributed by atoms with Gasteiger partial charge in [-0.25, -0.2) is 4.98 Å². The third kappa shape index (κ3) is 1.99. The van der Waals surface area contributed by atoms with Gasteiger partial charge in [-0.05, 0) is 25.1 Å². The topological polar surface area (TPSA) is 70.9 Å². The molecule has 6 heteroatoms. The van der Waals surface area contributed by atoms with Crippen LogP contribution >= 0.6 is 0 Å². The van der Waals surface area contributed by atoms with Gasteiger partial charge >= 0.3 is 0 Å². The molecule has 0 radical (unpaired) electrons. The van der Waals surface area contributed by atoms with Gasteiger partial charge in [0.25, 0.3) is 0 Å². The number of hydrogen-bond acceptors (Lipinski definition) is 4. The Morgan fingerprint density at radius 1 is 1.35 bits per heavy atom. The predicted octanol–water partition coefficient (Wildman–Crippen LogP) is 2.08. The summed E-state index contributed by atoms with van der Waals surface area (Å²) in [6.45, 7) is 2.83. The van der Waals surface area contributed by atoms with Gasteiger partial charge in [0.2, 0.25) is 5.95 Å². The minimum Gasteiger partial charge on any atom is -0.494 e. The Morgan fingerprint density at radius 2 is 2.20 bits per heavy atom. The van der Waals surface area contributed by atoms with E-state index in [0.717, 1.165) is 23.3 Å². The Kier molecular flexibility index (Phi) is 3.06. The minimum atomic E-state index is 0.145. The van der Waals surface area contributed by atoms with Crippen LogP contribution in [0.3, 0.4) is 0 Å². The highest BCUT2D eigenvalue weighted by Gasteiger charge is 2.16. The van der Waals surface area contributed by atoms with Gasteiger partial charge in [-0.15, -0.1) is 0 Å². The third-order valence-electron chi connectivity index (χ3n) is 3.38. The van der Waals surface area contributed by atoms with Gasteiger partial charge in [0.05, 0.1) is 25.2 Å². The van der Waals surface area contributed by atoms with Gasteiger partial charge in [0, 0.05) is 12.4 Å². The molecular formula is C14H17N5O. The molecule has 0 aliphatic carbocycles. The Morgan fingerprint density at radius 3 is 2.90 bits per heavy atom. The second-order valence-corrected chi connectivity index (χ2v) is 4.75. The number of nitrogens with two attached hydrogens (primary N) is 1. The second-order valence-electron chi connectivity index (χ2n) is 4.75. The zero-order valence-corrected chi connectivity index (χ0v) is 11.5. The van der Waals surface area contributed by atoms with E-state index in [2.05, 4.69) is 17.0 Å². The molecule has 2 N–H and O–H groups in total. The zero-order valence-electron chi connectivity index (χ0n) is 11.5. The molecule has 0 aliphatic heterocycles. The normalized spacial score (nSPS) is 12.7. The van der Waals surface area contributed by atoms with Gasteiger partial charge in [-0.3, -0.25) is 4.68 Å². The van der Waals surface area contributed by atoms with Crippen molar-refractivity contribution in [2.75, 3.05) is 12.8 Å². The number of benzene rings is 1. The van der Waals surface area contributed by atoms with Crippen molar-refractivity contribution >= 4 is 17.0 Å². The van der Waals surface area contributed by atoms with E-state index in [0.29, 0.717) is 5.95 Å². The van der Waals surface area contributed by atoms with E-state index in [4.69, 9.17) is 10.5 Å². The Labute approximate surface area is 116 Å². The molecule has 0 saturated carbocycles. The van der Waals surface area contributed by atoms with Crippen LogP contribution in [-0.4, -0.2) is 26.4 Å². The third-order valence-corrected chi connectivity index (χ3v) is 3.38. The lowest BCUT2D eigenvalue weighted by Crippen LogP contribution is -2.15. The Hall–Kier alpha value is -2.50. The van der Waals surface area contributed by atoms with Gasteiger partial charge in [-0.1, -0.05) is 6.07 Å². The molecule has 104 valence electrons. The fourth-order valence-electron chi connectivity index (χ4n) is 2.50. The summed E-state index contributed by atoms with van der Waals surface area (Å²) in [7, 11) is 1.64. The van der Waals surface area contributed by atoms with Gasteiger partial charge in [-0.2, -0.15) is 5.10 Å². The molecule has 20 heavy (non-hydrogen) atoms. The van der Waals surface area contributed by atoms with Crippen LogP contribution in [0, 0.1) is 0 Å². The first-order chi connectivity index (χ1) is 9.70. The predicted molar refractivity (Wildman–Crippen MR) is 77.6 cm³/mol. The summed E-state index contributed by atoms with van der Waals surface area (Å²) in [5.41, 5.74) is 7.84. The number of anilines is 1. The first-order valence-electron chi connectivity index (χ1n) is 6.48. The highest BCUT2D eigenvalue weighted by Crippen LogP contribution is 2.29. The van der Waals surface area contributed by atoms with Crippen molar-refractivity contribution < 1.29 is 4.74 Å². The first kappa shape index (κ1) is 12.5. The number of hydrogen-bond donors (Lipinski definition) is 1. The maximum Gasteiger partial charge on any atom is 0.201 e. The molecule has 3 aromatic rings. The first-order valence-corrected chi connectivity index (χ1v) is 6.48. The van der Waals surface area contributed by atoms with Crippen LogP contribution in [0.1, 0.15) is 13.0 Å². The quantitative estimate of drug-likeness (QED) is 0.788. The van der Waals surface area contributed by atoms with E-state index in [1.54, 1.807) is 13.3 Å². The molecule has 0 aliphatic rings. The SMILES string of the molecule is COc1cccc2c1nc(N)n2C(C)Cn1cccn1. The summed E-state index contributed by atoms with van der Waals surface area (Å²) in [5.74, 6) is 1.23. The van der Waals surface area contributed by atoms with Crippen molar-refractivity contribution in [1.29, 1.82) is 0 Å². The molecule has 0 spiro atoms. The number of aromatic nitrogens is 4. The van der Waals surface area contributed by atoms with Crippen molar-refractivity contribution in [3.63, 3.8) is 0 Å². The maximum absolute atomic E-state index is 6.07. The van der Waals surface area contributed by atoms with Crippen LogP contribution < -0.4 is 10.5 Å². The van der Waals surface area contributed by atoms with Crippen LogP contribution in [0.25, 0.3) is 11.0 Å². The largest absolute Gasteiger partial charge is 0.494 e. The number of fused-ring (bicyclic) bond motifs is 1. The average Bonchev–Trinajstić information content (AvgIpc) is 3.04. The highest BCUT2D eigenvalue weighted by atomic mass is 16.5. The van der Waals surface area contributed by atoms with Crippen molar-refractivity contribution in [3.05, 3.63) is 36.7 Å². The summed E-state index contributed by atoms with van der Waals surface area (Å²) in [6.07, 6.45) is 3.71. The maximum atomic E-state index is 6.07. The molecule has 1 unspecified atom stereocenters. The number of nitrogen functional groups attached to an aromatic ring is 1. The summed E-state index contributed by atoms with van der Waals surface area (Å²) in [6, 6.07) is 7.88. The minimum absolute atomic E-state index is 0.145.